The Morgan fingerprint density at radius 3 is 2.94 bits per heavy atom. The Bertz CT molecular complexity index is 446. The van der Waals surface area contributed by atoms with Crippen molar-refractivity contribution in [2.75, 3.05) is 6.54 Å². The van der Waals surface area contributed by atoms with E-state index in [-0.39, 0.29) is 12.5 Å². The van der Waals surface area contributed by atoms with Crippen LogP contribution >= 0.6 is 15.9 Å². The van der Waals surface area contributed by atoms with Crippen LogP contribution in [0.15, 0.2) is 22.7 Å². The molecule has 1 aromatic rings. The van der Waals surface area contributed by atoms with E-state index < -0.39 is 0 Å². The van der Waals surface area contributed by atoms with Gasteiger partial charge in [-0.2, -0.15) is 0 Å². The SMILES string of the molecule is CC(=O)NCC#Cc1ccc(Br)c(CO)c1. The number of aliphatic hydroxyl groups is 1. The smallest absolute Gasteiger partial charge is 0.217 e. The van der Waals surface area contributed by atoms with Crippen molar-refractivity contribution in [1.82, 2.24) is 5.32 Å². The number of amides is 1. The lowest BCUT2D eigenvalue weighted by atomic mass is 10.1. The molecule has 0 radical (unpaired) electrons. The summed E-state index contributed by atoms with van der Waals surface area (Å²) in [6.45, 7) is 1.76. The number of halogens is 1. The zero-order valence-corrected chi connectivity index (χ0v) is 10.5. The van der Waals surface area contributed by atoms with E-state index in [4.69, 9.17) is 5.11 Å². The van der Waals surface area contributed by atoms with Crippen LogP contribution in [0.1, 0.15) is 18.1 Å². The van der Waals surface area contributed by atoms with Crippen LogP contribution in [-0.2, 0) is 11.4 Å². The van der Waals surface area contributed by atoms with Gasteiger partial charge in [-0.3, -0.25) is 4.79 Å². The highest BCUT2D eigenvalue weighted by atomic mass is 79.9. The van der Waals surface area contributed by atoms with Gasteiger partial charge in [0.05, 0.1) is 13.2 Å². The van der Waals surface area contributed by atoms with Gasteiger partial charge in [-0.05, 0) is 23.8 Å². The summed E-state index contributed by atoms with van der Waals surface area (Å²) in [4.78, 5) is 10.6. The Morgan fingerprint density at radius 2 is 2.31 bits per heavy atom. The minimum atomic E-state index is -0.0962. The van der Waals surface area contributed by atoms with Crippen LogP contribution in [0, 0.1) is 11.8 Å². The number of carbonyl (C=O) groups is 1. The first kappa shape index (κ1) is 12.8. The molecule has 0 atom stereocenters. The number of benzene rings is 1. The molecule has 16 heavy (non-hydrogen) atoms. The van der Waals surface area contributed by atoms with E-state index in [1.807, 2.05) is 18.2 Å². The third-order valence-corrected chi connectivity index (χ3v) is 2.65. The van der Waals surface area contributed by atoms with Crippen molar-refractivity contribution >= 4 is 21.8 Å². The average Bonchev–Trinajstić information content (AvgIpc) is 2.26. The molecule has 0 aliphatic carbocycles. The molecule has 0 spiro atoms. The van der Waals surface area contributed by atoms with Crippen LogP contribution < -0.4 is 5.32 Å². The van der Waals surface area contributed by atoms with E-state index in [1.165, 1.54) is 6.92 Å². The average molecular weight is 282 g/mol. The van der Waals surface area contributed by atoms with Crippen molar-refractivity contribution in [3.05, 3.63) is 33.8 Å². The van der Waals surface area contributed by atoms with Gasteiger partial charge in [0, 0.05) is 17.0 Å². The van der Waals surface area contributed by atoms with Crippen LogP contribution in [-0.4, -0.2) is 17.6 Å². The molecule has 0 aliphatic heterocycles. The number of hydrogen-bond acceptors (Lipinski definition) is 2. The Labute approximate surface area is 103 Å². The lowest BCUT2D eigenvalue weighted by molar-refractivity contribution is -0.118. The van der Waals surface area contributed by atoms with E-state index in [1.54, 1.807) is 0 Å². The highest BCUT2D eigenvalue weighted by Gasteiger charge is 1.98. The summed E-state index contributed by atoms with van der Waals surface area (Å²) < 4.78 is 0.863. The molecule has 0 saturated heterocycles. The van der Waals surface area contributed by atoms with Crippen LogP contribution in [0.4, 0.5) is 0 Å². The Kier molecular flexibility index (Phi) is 5.03. The lowest BCUT2D eigenvalue weighted by Gasteiger charge is -2.00. The van der Waals surface area contributed by atoms with E-state index in [2.05, 4.69) is 33.1 Å². The molecule has 0 aromatic heterocycles. The van der Waals surface area contributed by atoms with Gasteiger partial charge in [0.1, 0.15) is 0 Å². The maximum atomic E-state index is 10.6. The molecule has 0 saturated carbocycles. The molecule has 1 rings (SSSR count). The molecule has 0 unspecified atom stereocenters. The van der Waals surface area contributed by atoms with E-state index >= 15 is 0 Å². The molecule has 0 fully saturated rings. The Morgan fingerprint density at radius 1 is 1.56 bits per heavy atom. The summed E-state index contributed by atoms with van der Waals surface area (Å²) in [6.07, 6.45) is 0. The number of hydrogen-bond donors (Lipinski definition) is 2. The van der Waals surface area contributed by atoms with Crippen molar-refractivity contribution in [3.8, 4) is 11.8 Å². The van der Waals surface area contributed by atoms with Gasteiger partial charge in [-0.15, -0.1) is 0 Å². The molecule has 1 aromatic carbocycles. The topological polar surface area (TPSA) is 49.3 Å². The largest absolute Gasteiger partial charge is 0.392 e. The summed E-state index contributed by atoms with van der Waals surface area (Å²) in [5.74, 6) is 5.63. The van der Waals surface area contributed by atoms with Gasteiger partial charge in [0.2, 0.25) is 5.91 Å². The fourth-order valence-electron chi connectivity index (χ4n) is 1.09. The molecule has 84 valence electrons. The van der Waals surface area contributed by atoms with E-state index in [0.717, 1.165) is 15.6 Å². The van der Waals surface area contributed by atoms with Crippen LogP contribution in [0.25, 0.3) is 0 Å². The molecular weight excluding hydrogens is 270 g/mol. The summed E-state index contributed by atoms with van der Waals surface area (Å²) >= 11 is 3.33. The first-order valence-electron chi connectivity index (χ1n) is 4.76. The molecule has 0 bridgehead atoms. The summed E-state index contributed by atoms with van der Waals surface area (Å²) in [5, 5.41) is 11.6. The first-order valence-corrected chi connectivity index (χ1v) is 5.55. The molecule has 4 heteroatoms. The zero-order valence-electron chi connectivity index (χ0n) is 8.88. The van der Waals surface area contributed by atoms with Gasteiger partial charge in [0.15, 0.2) is 0 Å². The van der Waals surface area contributed by atoms with Gasteiger partial charge < -0.3 is 10.4 Å². The van der Waals surface area contributed by atoms with Crippen LogP contribution in [0.5, 0.6) is 0 Å². The quantitative estimate of drug-likeness (QED) is 0.806. The highest BCUT2D eigenvalue weighted by Crippen LogP contribution is 2.17. The predicted octanol–water partition coefficient (Wildman–Crippen LogP) is 1.43. The standard InChI is InChI=1S/C12H12BrNO2/c1-9(16)14-6-2-3-10-4-5-12(13)11(7-10)8-15/h4-5,7,15H,6,8H2,1H3,(H,14,16). The van der Waals surface area contributed by atoms with Gasteiger partial charge in [-0.25, -0.2) is 0 Å². The minimum absolute atomic E-state index is 0.0260. The van der Waals surface area contributed by atoms with Crippen molar-refractivity contribution in [1.29, 1.82) is 0 Å². The summed E-state index contributed by atoms with van der Waals surface area (Å²) in [7, 11) is 0. The maximum Gasteiger partial charge on any atom is 0.217 e. The molecule has 2 N–H and O–H groups in total. The number of rotatable bonds is 2. The maximum absolute atomic E-state index is 10.6. The van der Waals surface area contributed by atoms with Crippen molar-refractivity contribution in [3.63, 3.8) is 0 Å². The minimum Gasteiger partial charge on any atom is -0.392 e. The fourth-order valence-corrected chi connectivity index (χ4v) is 1.46. The number of nitrogens with one attached hydrogen (secondary N) is 1. The van der Waals surface area contributed by atoms with Crippen LogP contribution in [0.3, 0.4) is 0 Å². The Balaban J connectivity index is 2.70. The Hall–Kier alpha value is -1.31. The van der Waals surface area contributed by atoms with Crippen molar-refractivity contribution in [2.24, 2.45) is 0 Å². The summed E-state index contributed by atoms with van der Waals surface area (Å²) in [6, 6.07) is 5.50. The molecular formula is C12H12BrNO2. The van der Waals surface area contributed by atoms with Gasteiger partial charge in [-0.1, -0.05) is 27.8 Å². The predicted molar refractivity (Wildman–Crippen MR) is 65.6 cm³/mol. The van der Waals surface area contributed by atoms with Crippen LogP contribution in [0.2, 0.25) is 0 Å². The number of aliphatic hydroxyl groups excluding tert-OH is 1. The molecule has 1 amide bonds. The second kappa shape index (κ2) is 6.31. The second-order valence-corrected chi connectivity index (χ2v) is 4.03. The van der Waals surface area contributed by atoms with E-state index in [0.29, 0.717) is 6.54 Å². The summed E-state index contributed by atoms with van der Waals surface area (Å²) in [5.41, 5.74) is 1.61. The third kappa shape index (κ3) is 4.05. The zero-order chi connectivity index (χ0) is 12.0. The molecule has 0 aliphatic rings. The van der Waals surface area contributed by atoms with Crippen molar-refractivity contribution < 1.29 is 9.90 Å². The molecule has 3 nitrogen and oxygen atoms in total. The van der Waals surface area contributed by atoms with Crippen molar-refractivity contribution in [2.45, 2.75) is 13.5 Å². The monoisotopic (exact) mass is 281 g/mol. The fraction of sp³-hybridized carbons (Fsp3) is 0.250. The molecule has 0 heterocycles. The second-order valence-electron chi connectivity index (χ2n) is 3.18. The highest BCUT2D eigenvalue weighted by molar-refractivity contribution is 9.10. The van der Waals surface area contributed by atoms with Gasteiger partial charge in [0.25, 0.3) is 0 Å². The third-order valence-electron chi connectivity index (χ3n) is 1.87. The van der Waals surface area contributed by atoms with E-state index in [9.17, 15) is 4.79 Å². The lowest BCUT2D eigenvalue weighted by Crippen LogP contribution is -2.19. The normalized spacial score (nSPS) is 9.19. The van der Waals surface area contributed by atoms with Gasteiger partial charge >= 0.3 is 0 Å². The number of carbonyl (C=O) groups excluding carboxylic acids is 1. The first-order chi connectivity index (χ1) is 7.63.